The number of carbonyl (C=O) groups excluding carboxylic acids is 2. The number of hydrogen-bond donors (Lipinski definition) is 2. The van der Waals surface area contributed by atoms with E-state index >= 15 is 0 Å². The topological polar surface area (TPSA) is 112 Å². The van der Waals surface area contributed by atoms with Crippen molar-refractivity contribution in [1.82, 2.24) is 14.8 Å². The van der Waals surface area contributed by atoms with Crippen molar-refractivity contribution in [2.75, 3.05) is 18.2 Å². The van der Waals surface area contributed by atoms with Gasteiger partial charge in [0.2, 0.25) is 5.91 Å². The van der Waals surface area contributed by atoms with Crippen LogP contribution in [0.5, 0.6) is 0 Å². The standard InChI is InChI=1S/C13H13N5O3/c1-21-13(20)12-15-6-18(17-12)10-4-7-2-3-11(19)16-9(7)5-8(10)14/h4-6H,2-3,14H2,1H3,(H,16,19). The minimum Gasteiger partial charge on any atom is -0.463 e. The zero-order valence-corrected chi connectivity index (χ0v) is 11.3. The monoisotopic (exact) mass is 287 g/mol. The van der Waals surface area contributed by atoms with Gasteiger partial charge in [0.05, 0.1) is 18.5 Å². The van der Waals surface area contributed by atoms with Gasteiger partial charge >= 0.3 is 5.97 Å². The molecule has 0 spiro atoms. The van der Waals surface area contributed by atoms with Crippen LogP contribution in [0.4, 0.5) is 11.4 Å². The first-order chi connectivity index (χ1) is 10.1. The molecule has 0 fully saturated rings. The van der Waals surface area contributed by atoms with Gasteiger partial charge < -0.3 is 15.8 Å². The number of carbonyl (C=O) groups is 2. The molecule has 1 aromatic heterocycles. The van der Waals surface area contributed by atoms with Crippen molar-refractivity contribution < 1.29 is 14.3 Å². The summed E-state index contributed by atoms with van der Waals surface area (Å²) in [4.78, 5) is 26.6. The third kappa shape index (κ3) is 2.31. The number of nitrogen functional groups attached to an aromatic ring is 1. The Kier molecular flexibility index (Phi) is 3.05. The van der Waals surface area contributed by atoms with Gasteiger partial charge in [-0.3, -0.25) is 4.79 Å². The normalized spacial score (nSPS) is 13.5. The Morgan fingerprint density at radius 1 is 1.43 bits per heavy atom. The van der Waals surface area contributed by atoms with Crippen LogP contribution in [0.3, 0.4) is 0 Å². The number of amides is 1. The lowest BCUT2D eigenvalue weighted by Gasteiger charge is -2.18. The van der Waals surface area contributed by atoms with Crippen molar-refractivity contribution in [2.24, 2.45) is 0 Å². The summed E-state index contributed by atoms with van der Waals surface area (Å²) in [7, 11) is 1.26. The van der Waals surface area contributed by atoms with Crippen molar-refractivity contribution in [3.8, 4) is 5.69 Å². The fourth-order valence-electron chi connectivity index (χ4n) is 2.19. The van der Waals surface area contributed by atoms with Crippen LogP contribution in [-0.4, -0.2) is 33.8 Å². The Hall–Kier alpha value is -2.90. The minimum atomic E-state index is -0.613. The fourth-order valence-corrected chi connectivity index (χ4v) is 2.19. The molecule has 3 rings (SSSR count). The molecule has 8 nitrogen and oxygen atoms in total. The zero-order valence-electron chi connectivity index (χ0n) is 11.3. The Labute approximate surface area is 119 Å². The van der Waals surface area contributed by atoms with Gasteiger partial charge in [-0.2, -0.15) is 0 Å². The molecule has 0 saturated carbocycles. The SMILES string of the molecule is COC(=O)c1ncn(-c2cc3c(cc2N)NC(=O)CC3)n1. The van der Waals surface area contributed by atoms with Gasteiger partial charge in [0.15, 0.2) is 0 Å². The van der Waals surface area contributed by atoms with E-state index in [1.807, 2.05) is 6.07 Å². The van der Waals surface area contributed by atoms with Gasteiger partial charge in [-0.15, -0.1) is 5.10 Å². The predicted molar refractivity (Wildman–Crippen MR) is 74.1 cm³/mol. The van der Waals surface area contributed by atoms with Gasteiger partial charge in [-0.25, -0.2) is 14.5 Å². The highest BCUT2D eigenvalue weighted by Crippen LogP contribution is 2.29. The molecule has 108 valence electrons. The van der Waals surface area contributed by atoms with Crippen LogP contribution in [-0.2, 0) is 16.0 Å². The van der Waals surface area contributed by atoms with Gasteiger partial charge in [-0.1, -0.05) is 0 Å². The zero-order chi connectivity index (χ0) is 15.0. The Morgan fingerprint density at radius 3 is 3.00 bits per heavy atom. The van der Waals surface area contributed by atoms with Crippen molar-refractivity contribution >= 4 is 23.3 Å². The Bertz CT molecular complexity index is 737. The lowest BCUT2D eigenvalue weighted by atomic mass is 10.0. The molecule has 2 heterocycles. The number of rotatable bonds is 2. The Balaban J connectivity index is 2.01. The quantitative estimate of drug-likeness (QED) is 0.615. The summed E-state index contributed by atoms with van der Waals surface area (Å²) in [5.41, 5.74) is 8.69. The van der Waals surface area contributed by atoms with Crippen LogP contribution < -0.4 is 11.1 Å². The van der Waals surface area contributed by atoms with Crippen LogP contribution in [0, 0.1) is 0 Å². The molecule has 8 heteroatoms. The van der Waals surface area contributed by atoms with E-state index in [4.69, 9.17) is 5.73 Å². The molecular weight excluding hydrogens is 274 g/mol. The number of aryl methyl sites for hydroxylation is 1. The summed E-state index contributed by atoms with van der Waals surface area (Å²) in [6.45, 7) is 0. The van der Waals surface area contributed by atoms with E-state index in [0.29, 0.717) is 29.9 Å². The van der Waals surface area contributed by atoms with Crippen LogP contribution >= 0.6 is 0 Å². The lowest BCUT2D eigenvalue weighted by Crippen LogP contribution is -2.19. The van der Waals surface area contributed by atoms with Crippen LogP contribution in [0.25, 0.3) is 5.69 Å². The smallest absolute Gasteiger partial charge is 0.377 e. The molecule has 0 bridgehead atoms. The van der Waals surface area contributed by atoms with Gasteiger partial charge in [0, 0.05) is 12.1 Å². The molecular formula is C13H13N5O3. The molecule has 0 unspecified atom stereocenters. The molecule has 21 heavy (non-hydrogen) atoms. The van der Waals surface area contributed by atoms with Crippen molar-refractivity contribution in [1.29, 1.82) is 0 Å². The summed E-state index contributed by atoms with van der Waals surface area (Å²) in [5, 5.41) is 6.81. The van der Waals surface area contributed by atoms with Crippen LogP contribution in [0.15, 0.2) is 18.5 Å². The number of anilines is 2. The van der Waals surface area contributed by atoms with E-state index in [2.05, 4.69) is 20.1 Å². The van der Waals surface area contributed by atoms with Gasteiger partial charge in [0.1, 0.15) is 6.33 Å². The molecule has 3 N–H and O–H groups in total. The Morgan fingerprint density at radius 2 is 2.24 bits per heavy atom. The summed E-state index contributed by atoms with van der Waals surface area (Å²) in [5.74, 6) is -0.677. The second-order valence-corrected chi connectivity index (χ2v) is 4.62. The van der Waals surface area contributed by atoms with E-state index in [1.165, 1.54) is 18.1 Å². The van der Waals surface area contributed by atoms with E-state index in [0.717, 1.165) is 5.56 Å². The van der Waals surface area contributed by atoms with E-state index < -0.39 is 5.97 Å². The van der Waals surface area contributed by atoms with E-state index in [9.17, 15) is 9.59 Å². The van der Waals surface area contributed by atoms with Crippen LogP contribution in [0.1, 0.15) is 22.6 Å². The third-order valence-electron chi connectivity index (χ3n) is 3.25. The highest BCUT2D eigenvalue weighted by atomic mass is 16.5. The second kappa shape index (κ2) is 4.89. The van der Waals surface area contributed by atoms with E-state index in [1.54, 1.807) is 6.07 Å². The van der Waals surface area contributed by atoms with Crippen molar-refractivity contribution in [3.63, 3.8) is 0 Å². The number of ether oxygens (including phenoxy) is 1. The number of benzene rings is 1. The van der Waals surface area contributed by atoms with Crippen molar-refractivity contribution in [3.05, 3.63) is 29.8 Å². The molecule has 1 aliphatic rings. The number of nitrogens with one attached hydrogen (secondary N) is 1. The number of nitrogens with two attached hydrogens (primary N) is 1. The fraction of sp³-hybridized carbons (Fsp3) is 0.231. The maximum atomic E-state index is 11.4. The summed E-state index contributed by atoms with van der Waals surface area (Å²) < 4.78 is 5.98. The molecule has 2 aromatic rings. The molecule has 1 aromatic carbocycles. The number of nitrogens with zero attached hydrogens (tertiary/aromatic N) is 3. The number of aromatic nitrogens is 3. The highest BCUT2D eigenvalue weighted by molar-refractivity contribution is 5.95. The first kappa shape index (κ1) is 13.1. The number of esters is 1. The first-order valence-corrected chi connectivity index (χ1v) is 6.31. The molecule has 1 aliphatic heterocycles. The third-order valence-corrected chi connectivity index (χ3v) is 3.25. The van der Waals surface area contributed by atoms with Gasteiger partial charge in [0.25, 0.3) is 5.82 Å². The molecule has 0 saturated heterocycles. The summed E-state index contributed by atoms with van der Waals surface area (Å²) >= 11 is 0. The lowest BCUT2D eigenvalue weighted by molar-refractivity contribution is -0.116. The highest BCUT2D eigenvalue weighted by Gasteiger charge is 2.19. The average Bonchev–Trinajstić information content (AvgIpc) is 2.95. The molecule has 1 amide bonds. The maximum absolute atomic E-state index is 11.4. The molecule has 0 atom stereocenters. The maximum Gasteiger partial charge on any atom is 0.377 e. The van der Waals surface area contributed by atoms with Gasteiger partial charge in [-0.05, 0) is 24.1 Å². The predicted octanol–water partition coefficient (Wildman–Crippen LogP) is 0.521. The van der Waals surface area contributed by atoms with Crippen LogP contribution in [0.2, 0.25) is 0 Å². The summed E-state index contributed by atoms with van der Waals surface area (Å²) in [6.07, 6.45) is 2.46. The number of methoxy groups -OCH3 is 1. The minimum absolute atomic E-state index is 0.0246. The largest absolute Gasteiger partial charge is 0.463 e. The van der Waals surface area contributed by atoms with Crippen molar-refractivity contribution in [2.45, 2.75) is 12.8 Å². The number of fused-ring (bicyclic) bond motifs is 1. The first-order valence-electron chi connectivity index (χ1n) is 6.31. The molecule has 0 radical (unpaired) electrons. The second-order valence-electron chi connectivity index (χ2n) is 4.62. The number of hydrogen-bond acceptors (Lipinski definition) is 6. The summed E-state index contributed by atoms with van der Waals surface area (Å²) in [6, 6.07) is 3.51. The average molecular weight is 287 g/mol. The molecule has 0 aliphatic carbocycles. The van der Waals surface area contributed by atoms with E-state index in [-0.39, 0.29) is 11.7 Å².